The van der Waals surface area contributed by atoms with Crippen molar-refractivity contribution in [3.8, 4) is 0 Å². The van der Waals surface area contributed by atoms with Gasteiger partial charge in [0.25, 0.3) is 0 Å². The molecule has 0 N–H and O–H groups in total. The van der Waals surface area contributed by atoms with Crippen LogP contribution in [0, 0.1) is 23.7 Å². The summed E-state index contributed by atoms with van der Waals surface area (Å²) >= 11 is 0. The van der Waals surface area contributed by atoms with Crippen molar-refractivity contribution in [1.29, 1.82) is 0 Å². The van der Waals surface area contributed by atoms with E-state index >= 15 is 0 Å². The molecule has 108 valence electrons. The lowest BCUT2D eigenvalue weighted by molar-refractivity contribution is -0.130. The van der Waals surface area contributed by atoms with Crippen LogP contribution in [0.5, 0.6) is 0 Å². The Bertz CT molecular complexity index is 200. The SMILES string of the molecule is CCCC(C)C(CC)C(=O)C(CC)C(C)CCC. The molecule has 0 bridgehead atoms. The minimum Gasteiger partial charge on any atom is -0.299 e. The maximum absolute atomic E-state index is 12.7. The molecule has 0 aromatic heterocycles. The zero-order chi connectivity index (χ0) is 14.1. The van der Waals surface area contributed by atoms with Crippen LogP contribution in [0.2, 0.25) is 0 Å². The first-order valence-electron chi connectivity index (χ1n) is 8.06. The minimum atomic E-state index is 0.286. The summed E-state index contributed by atoms with van der Waals surface area (Å²) in [5, 5.41) is 0. The fraction of sp³-hybridized carbons (Fsp3) is 0.941. The third kappa shape index (κ3) is 5.12. The smallest absolute Gasteiger partial charge is 0.139 e. The first-order chi connectivity index (χ1) is 8.53. The second-order valence-electron chi connectivity index (χ2n) is 5.96. The molecule has 1 nitrogen and oxygen atoms in total. The van der Waals surface area contributed by atoms with Gasteiger partial charge in [-0.1, -0.05) is 67.2 Å². The van der Waals surface area contributed by atoms with Gasteiger partial charge in [-0.05, 0) is 24.7 Å². The number of carbonyl (C=O) groups excluding carboxylic acids is 1. The zero-order valence-corrected chi connectivity index (χ0v) is 13.5. The molecule has 0 heterocycles. The fourth-order valence-corrected chi connectivity index (χ4v) is 3.36. The monoisotopic (exact) mass is 254 g/mol. The topological polar surface area (TPSA) is 17.1 Å². The molecule has 0 rings (SSSR count). The molecule has 18 heavy (non-hydrogen) atoms. The van der Waals surface area contributed by atoms with Crippen LogP contribution in [0.3, 0.4) is 0 Å². The summed E-state index contributed by atoms with van der Waals surface area (Å²) in [4.78, 5) is 12.7. The van der Waals surface area contributed by atoms with Gasteiger partial charge in [0.05, 0.1) is 0 Å². The number of rotatable bonds is 10. The number of hydrogen-bond donors (Lipinski definition) is 0. The van der Waals surface area contributed by atoms with Crippen LogP contribution in [-0.4, -0.2) is 5.78 Å². The highest BCUT2D eigenvalue weighted by molar-refractivity contribution is 5.83. The van der Waals surface area contributed by atoms with Gasteiger partial charge in [-0.2, -0.15) is 0 Å². The highest BCUT2D eigenvalue weighted by atomic mass is 16.1. The van der Waals surface area contributed by atoms with Crippen LogP contribution < -0.4 is 0 Å². The first kappa shape index (κ1) is 17.7. The molecule has 1 heteroatoms. The van der Waals surface area contributed by atoms with Crippen molar-refractivity contribution in [3.05, 3.63) is 0 Å². The summed E-state index contributed by atoms with van der Waals surface area (Å²) < 4.78 is 0. The maximum Gasteiger partial charge on any atom is 0.139 e. The van der Waals surface area contributed by atoms with Crippen LogP contribution in [-0.2, 0) is 4.79 Å². The molecule has 0 aliphatic rings. The van der Waals surface area contributed by atoms with Crippen LogP contribution in [0.25, 0.3) is 0 Å². The van der Waals surface area contributed by atoms with E-state index in [1.54, 1.807) is 0 Å². The normalized spacial score (nSPS) is 18.1. The summed E-state index contributed by atoms with van der Waals surface area (Å²) in [6.07, 6.45) is 6.76. The summed E-state index contributed by atoms with van der Waals surface area (Å²) in [5.41, 5.74) is 0. The lowest BCUT2D eigenvalue weighted by atomic mass is 9.75. The van der Waals surface area contributed by atoms with Crippen LogP contribution in [0.4, 0.5) is 0 Å². The van der Waals surface area contributed by atoms with Gasteiger partial charge in [-0.3, -0.25) is 4.79 Å². The van der Waals surface area contributed by atoms with Gasteiger partial charge in [0, 0.05) is 11.8 Å². The molecule has 0 spiro atoms. The van der Waals surface area contributed by atoms with Crippen molar-refractivity contribution in [2.45, 2.75) is 80.1 Å². The Hall–Kier alpha value is -0.330. The van der Waals surface area contributed by atoms with Crippen molar-refractivity contribution in [2.75, 3.05) is 0 Å². The molecule has 0 saturated carbocycles. The zero-order valence-electron chi connectivity index (χ0n) is 13.5. The van der Waals surface area contributed by atoms with E-state index in [0.717, 1.165) is 12.8 Å². The first-order valence-corrected chi connectivity index (χ1v) is 8.06. The molecule has 0 radical (unpaired) electrons. The number of Topliss-reactive ketones (excluding diaryl/α,β-unsaturated/α-hetero) is 1. The molecule has 0 aromatic rings. The molecule has 0 fully saturated rings. The third-order valence-corrected chi connectivity index (χ3v) is 4.47. The van der Waals surface area contributed by atoms with Crippen molar-refractivity contribution >= 4 is 5.78 Å². The molecule has 0 amide bonds. The average molecular weight is 254 g/mol. The Morgan fingerprint density at radius 2 is 1.11 bits per heavy atom. The average Bonchev–Trinajstić information content (AvgIpc) is 2.31. The van der Waals surface area contributed by atoms with Gasteiger partial charge in [-0.25, -0.2) is 0 Å². The maximum atomic E-state index is 12.7. The Balaban J connectivity index is 4.71. The van der Waals surface area contributed by atoms with Gasteiger partial charge in [0.15, 0.2) is 0 Å². The van der Waals surface area contributed by atoms with Gasteiger partial charge < -0.3 is 0 Å². The number of carbonyl (C=O) groups is 1. The van der Waals surface area contributed by atoms with E-state index in [0.29, 0.717) is 17.6 Å². The van der Waals surface area contributed by atoms with Gasteiger partial charge >= 0.3 is 0 Å². The van der Waals surface area contributed by atoms with Gasteiger partial charge in [0.2, 0.25) is 0 Å². The quantitative estimate of drug-likeness (QED) is 0.504. The van der Waals surface area contributed by atoms with E-state index in [1.165, 1.54) is 25.7 Å². The molecular formula is C17H34O. The molecule has 0 aromatic carbocycles. The van der Waals surface area contributed by atoms with E-state index < -0.39 is 0 Å². The summed E-state index contributed by atoms with van der Waals surface area (Å²) in [6.45, 7) is 13.3. The highest BCUT2D eigenvalue weighted by Gasteiger charge is 2.31. The molecule has 4 atom stereocenters. The molecule has 4 unspecified atom stereocenters. The predicted octanol–water partition coefficient (Wildman–Crippen LogP) is 5.48. The lowest BCUT2D eigenvalue weighted by Gasteiger charge is -2.29. The van der Waals surface area contributed by atoms with Crippen molar-refractivity contribution in [1.82, 2.24) is 0 Å². The van der Waals surface area contributed by atoms with Crippen LogP contribution in [0.15, 0.2) is 0 Å². The molecule has 0 saturated heterocycles. The van der Waals surface area contributed by atoms with Crippen LogP contribution >= 0.6 is 0 Å². The Labute approximate surface area is 115 Å². The predicted molar refractivity (Wildman–Crippen MR) is 80.7 cm³/mol. The fourth-order valence-electron chi connectivity index (χ4n) is 3.36. The summed E-state index contributed by atoms with van der Waals surface area (Å²) in [7, 11) is 0. The van der Waals surface area contributed by atoms with Gasteiger partial charge in [-0.15, -0.1) is 0 Å². The van der Waals surface area contributed by atoms with E-state index in [-0.39, 0.29) is 11.8 Å². The Morgan fingerprint density at radius 3 is 1.33 bits per heavy atom. The standard InChI is InChI=1S/C17H34O/c1-7-11-13(5)15(9-3)17(18)16(10-4)14(6)12-8-2/h13-16H,7-12H2,1-6H3. The van der Waals surface area contributed by atoms with E-state index in [4.69, 9.17) is 0 Å². The van der Waals surface area contributed by atoms with E-state index in [1.807, 2.05) is 0 Å². The van der Waals surface area contributed by atoms with Crippen molar-refractivity contribution in [3.63, 3.8) is 0 Å². The largest absolute Gasteiger partial charge is 0.299 e. The second-order valence-corrected chi connectivity index (χ2v) is 5.96. The molecular weight excluding hydrogens is 220 g/mol. The lowest BCUT2D eigenvalue weighted by Crippen LogP contribution is -2.31. The summed E-state index contributed by atoms with van der Waals surface area (Å²) in [6, 6.07) is 0. The van der Waals surface area contributed by atoms with Gasteiger partial charge in [0.1, 0.15) is 5.78 Å². The molecule has 0 aliphatic carbocycles. The highest BCUT2D eigenvalue weighted by Crippen LogP contribution is 2.30. The Morgan fingerprint density at radius 1 is 0.778 bits per heavy atom. The Kier molecular flexibility index (Phi) is 9.40. The minimum absolute atomic E-state index is 0.286. The van der Waals surface area contributed by atoms with Crippen LogP contribution in [0.1, 0.15) is 80.1 Å². The number of ketones is 1. The van der Waals surface area contributed by atoms with Crippen molar-refractivity contribution in [2.24, 2.45) is 23.7 Å². The number of hydrogen-bond acceptors (Lipinski definition) is 1. The molecule has 0 aliphatic heterocycles. The van der Waals surface area contributed by atoms with E-state index in [2.05, 4.69) is 41.5 Å². The van der Waals surface area contributed by atoms with Crippen molar-refractivity contribution < 1.29 is 4.79 Å². The third-order valence-electron chi connectivity index (χ3n) is 4.47. The summed E-state index contributed by atoms with van der Waals surface area (Å²) in [5.74, 6) is 2.22. The second kappa shape index (κ2) is 9.58. The van der Waals surface area contributed by atoms with E-state index in [9.17, 15) is 4.79 Å².